The molecule has 1 aromatic heterocycles. The summed E-state index contributed by atoms with van der Waals surface area (Å²) in [7, 11) is 0. The minimum atomic E-state index is -1.08. The number of aromatic nitrogens is 1. The smallest absolute Gasteiger partial charge is 0.252 e. The van der Waals surface area contributed by atoms with E-state index in [4.69, 9.17) is 0 Å². The molecule has 0 radical (unpaired) electrons. The monoisotopic (exact) mass is 339 g/mol. The molecule has 25 heavy (non-hydrogen) atoms. The second-order valence-electron chi connectivity index (χ2n) is 6.18. The molecule has 3 rings (SSSR count). The van der Waals surface area contributed by atoms with Gasteiger partial charge in [0.15, 0.2) is 0 Å². The fourth-order valence-corrected chi connectivity index (χ4v) is 3.06. The van der Waals surface area contributed by atoms with Crippen molar-refractivity contribution in [3.63, 3.8) is 0 Å². The fourth-order valence-electron chi connectivity index (χ4n) is 3.06. The second kappa shape index (κ2) is 7.03. The summed E-state index contributed by atoms with van der Waals surface area (Å²) in [5.74, 6) is -0.707. The number of aliphatic hydroxyl groups is 1. The molecular weight excluding hydrogens is 318 g/mol. The van der Waals surface area contributed by atoms with E-state index in [-0.39, 0.29) is 5.91 Å². The van der Waals surface area contributed by atoms with Gasteiger partial charge in [0, 0.05) is 35.8 Å². The minimum Gasteiger partial charge on any atom is -0.386 e. The molecule has 130 valence electrons. The van der Waals surface area contributed by atoms with Crippen LogP contribution in [-0.2, 0) is 4.79 Å². The van der Waals surface area contributed by atoms with Gasteiger partial charge in [0.1, 0.15) is 12.1 Å². The molecule has 2 amide bonds. The summed E-state index contributed by atoms with van der Waals surface area (Å²) in [4.78, 5) is 30.8. The first-order valence-corrected chi connectivity index (χ1v) is 8.33. The van der Waals surface area contributed by atoms with Crippen LogP contribution in [0.2, 0.25) is 0 Å². The Bertz CT molecular complexity index is 792. The van der Waals surface area contributed by atoms with Crippen LogP contribution in [0, 0.1) is 6.92 Å². The summed E-state index contributed by atoms with van der Waals surface area (Å²) in [5, 5.41) is 13.4. The first-order valence-electron chi connectivity index (χ1n) is 8.33. The van der Waals surface area contributed by atoms with Gasteiger partial charge < -0.3 is 15.3 Å². The van der Waals surface area contributed by atoms with E-state index in [9.17, 15) is 14.7 Å². The zero-order valence-corrected chi connectivity index (χ0v) is 14.3. The highest BCUT2D eigenvalue weighted by atomic mass is 16.3. The van der Waals surface area contributed by atoms with Crippen molar-refractivity contribution < 1.29 is 14.7 Å². The molecule has 2 heterocycles. The Morgan fingerprint density at radius 3 is 2.68 bits per heavy atom. The molecular formula is C19H21N3O3. The highest BCUT2D eigenvalue weighted by Crippen LogP contribution is 2.35. The second-order valence-corrected chi connectivity index (χ2v) is 6.18. The lowest BCUT2D eigenvalue weighted by molar-refractivity contribution is -0.123. The van der Waals surface area contributed by atoms with Gasteiger partial charge in [0.2, 0.25) is 0 Å². The number of nitrogens with zero attached hydrogens (tertiary/aromatic N) is 2. The largest absolute Gasteiger partial charge is 0.386 e. The van der Waals surface area contributed by atoms with Gasteiger partial charge in [-0.2, -0.15) is 0 Å². The lowest BCUT2D eigenvalue weighted by Gasteiger charge is -2.37. The molecule has 2 aromatic rings. The molecule has 2 N–H and O–H groups in total. The highest BCUT2D eigenvalue weighted by Gasteiger charge is 2.40. The molecule has 6 heteroatoms. The quantitative estimate of drug-likeness (QED) is 0.892. The Labute approximate surface area is 146 Å². The lowest BCUT2D eigenvalue weighted by Crippen LogP contribution is -2.55. The number of benzene rings is 1. The Morgan fingerprint density at radius 2 is 2.00 bits per heavy atom. The Balaban J connectivity index is 1.93. The standard InChI is InChI=1S/C19H21N3O3/c1-3-10-22-15-11-12(2)4-5-14(15)17(23)16(19(22)25)21-18(24)13-6-8-20-9-7-13/h4-9,11,16-17,23H,3,10H2,1-2H3,(H,21,24). The van der Waals surface area contributed by atoms with E-state index >= 15 is 0 Å². The number of aliphatic hydroxyl groups excluding tert-OH is 1. The maximum atomic E-state index is 12.9. The molecule has 1 aromatic carbocycles. The summed E-state index contributed by atoms with van der Waals surface area (Å²) in [6, 6.07) is 7.72. The highest BCUT2D eigenvalue weighted by molar-refractivity contribution is 6.04. The zero-order chi connectivity index (χ0) is 18.0. The van der Waals surface area contributed by atoms with Gasteiger partial charge in [-0.25, -0.2) is 0 Å². The van der Waals surface area contributed by atoms with E-state index in [1.54, 1.807) is 17.0 Å². The number of anilines is 1. The Morgan fingerprint density at radius 1 is 1.28 bits per heavy atom. The molecule has 2 unspecified atom stereocenters. The van der Waals surface area contributed by atoms with Gasteiger partial charge >= 0.3 is 0 Å². The third-order valence-corrected chi connectivity index (χ3v) is 4.32. The van der Waals surface area contributed by atoms with Crippen molar-refractivity contribution in [2.24, 2.45) is 0 Å². The van der Waals surface area contributed by atoms with Crippen LogP contribution >= 0.6 is 0 Å². The summed E-state index contributed by atoms with van der Waals surface area (Å²) >= 11 is 0. The summed E-state index contributed by atoms with van der Waals surface area (Å²) in [6.07, 6.45) is 2.72. The third kappa shape index (κ3) is 3.25. The molecule has 0 saturated heterocycles. The van der Waals surface area contributed by atoms with Crippen LogP contribution in [0.15, 0.2) is 42.7 Å². The summed E-state index contributed by atoms with van der Waals surface area (Å²) in [6.45, 7) is 4.46. The Kier molecular flexibility index (Phi) is 4.81. The predicted molar refractivity (Wildman–Crippen MR) is 94.3 cm³/mol. The minimum absolute atomic E-state index is 0.296. The van der Waals surface area contributed by atoms with E-state index in [1.165, 1.54) is 12.4 Å². The third-order valence-electron chi connectivity index (χ3n) is 4.32. The van der Waals surface area contributed by atoms with Crippen LogP contribution in [0.4, 0.5) is 5.69 Å². The van der Waals surface area contributed by atoms with Crippen LogP contribution in [0.1, 0.15) is 40.9 Å². The van der Waals surface area contributed by atoms with Crippen molar-refractivity contribution in [3.05, 3.63) is 59.4 Å². The maximum Gasteiger partial charge on any atom is 0.252 e. The molecule has 0 aliphatic carbocycles. The summed E-state index contributed by atoms with van der Waals surface area (Å²) in [5.41, 5.74) is 2.78. The SMILES string of the molecule is CCCN1C(=O)C(NC(=O)c2ccncc2)C(O)c2ccc(C)cc21. The molecule has 0 saturated carbocycles. The lowest BCUT2D eigenvalue weighted by atomic mass is 9.92. The number of pyridine rings is 1. The van der Waals surface area contributed by atoms with Crippen LogP contribution in [0.5, 0.6) is 0 Å². The van der Waals surface area contributed by atoms with Crippen LogP contribution in [0.25, 0.3) is 0 Å². The number of fused-ring (bicyclic) bond motifs is 1. The van der Waals surface area contributed by atoms with Gasteiger partial charge in [-0.05, 0) is 37.1 Å². The molecule has 1 aliphatic rings. The van der Waals surface area contributed by atoms with Crippen molar-refractivity contribution in [2.75, 3.05) is 11.4 Å². The zero-order valence-electron chi connectivity index (χ0n) is 14.3. The molecule has 0 bridgehead atoms. The number of carbonyl (C=O) groups is 2. The molecule has 1 aliphatic heterocycles. The van der Waals surface area contributed by atoms with E-state index in [0.717, 1.165) is 12.0 Å². The molecule has 2 atom stereocenters. The molecule has 0 spiro atoms. The van der Waals surface area contributed by atoms with Crippen LogP contribution < -0.4 is 10.2 Å². The summed E-state index contributed by atoms with van der Waals surface area (Å²) < 4.78 is 0. The van der Waals surface area contributed by atoms with Gasteiger partial charge in [-0.1, -0.05) is 19.1 Å². The van der Waals surface area contributed by atoms with Crippen molar-refractivity contribution >= 4 is 17.5 Å². The number of hydrogen-bond donors (Lipinski definition) is 2. The van der Waals surface area contributed by atoms with E-state index < -0.39 is 18.1 Å². The van der Waals surface area contributed by atoms with Crippen molar-refractivity contribution in [1.82, 2.24) is 10.3 Å². The number of aryl methyl sites for hydroxylation is 1. The first kappa shape index (κ1) is 17.1. The van der Waals surface area contributed by atoms with Crippen LogP contribution in [-0.4, -0.2) is 34.5 Å². The number of nitrogens with one attached hydrogen (secondary N) is 1. The van der Waals surface area contributed by atoms with E-state index in [0.29, 0.717) is 23.4 Å². The number of carbonyl (C=O) groups excluding carboxylic acids is 2. The van der Waals surface area contributed by atoms with Crippen LogP contribution in [0.3, 0.4) is 0 Å². The first-order chi connectivity index (χ1) is 12.0. The predicted octanol–water partition coefficient (Wildman–Crippen LogP) is 1.98. The molecule has 0 fully saturated rings. The van der Waals surface area contributed by atoms with Gasteiger partial charge in [0.25, 0.3) is 11.8 Å². The number of hydrogen-bond acceptors (Lipinski definition) is 4. The van der Waals surface area contributed by atoms with Gasteiger partial charge in [-0.3, -0.25) is 14.6 Å². The van der Waals surface area contributed by atoms with Crippen molar-refractivity contribution in [3.8, 4) is 0 Å². The average molecular weight is 339 g/mol. The Hall–Kier alpha value is -2.73. The average Bonchev–Trinajstić information content (AvgIpc) is 2.62. The normalized spacial score (nSPS) is 19.5. The van der Waals surface area contributed by atoms with Crippen molar-refractivity contribution in [2.45, 2.75) is 32.4 Å². The number of rotatable bonds is 4. The number of amides is 2. The maximum absolute atomic E-state index is 12.9. The topological polar surface area (TPSA) is 82.5 Å². The van der Waals surface area contributed by atoms with Crippen molar-refractivity contribution in [1.29, 1.82) is 0 Å². The molecule has 6 nitrogen and oxygen atoms in total. The van der Waals surface area contributed by atoms with E-state index in [2.05, 4.69) is 10.3 Å². The van der Waals surface area contributed by atoms with Gasteiger partial charge in [0.05, 0.1) is 0 Å². The fraction of sp³-hybridized carbons (Fsp3) is 0.316. The van der Waals surface area contributed by atoms with E-state index in [1.807, 2.05) is 32.0 Å². The van der Waals surface area contributed by atoms with Gasteiger partial charge in [-0.15, -0.1) is 0 Å².